The van der Waals surface area contributed by atoms with Gasteiger partial charge in [0.15, 0.2) is 6.29 Å². The van der Waals surface area contributed by atoms with Crippen molar-refractivity contribution in [3.8, 4) is 0 Å². The lowest BCUT2D eigenvalue weighted by molar-refractivity contribution is -0.142. The molecule has 1 atom stereocenters. The first kappa shape index (κ1) is 8.59. The molecule has 0 aromatic rings. The third kappa shape index (κ3) is 5.46. The van der Waals surface area contributed by atoms with Gasteiger partial charge in [-0.1, -0.05) is 13.3 Å². The zero-order valence-corrected chi connectivity index (χ0v) is 5.54. The second-order valence-electron chi connectivity index (χ2n) is 1.75. The molecule has 1 N–H and O–H groups in total. The largest absolute Gasteiger partial charge is 0.362 e. The predicted octanol–water partition coefficient (Wildman–Crippen LogP) is 0.320. The van der Waals surface area contributed by atoms with Crippen molar-refractivity contribution in [3.05, 3.63) is 0 Å². The van der Waals surface area contributed by atoms with Crippen LogP contribution < -0.4 is 0 Å². The van der Waals surface area contributed by atoms with Crippen LogP contribution >= 0.6 is 0 Å². The summed E-state index contributed by atoms with van der Waals surface area (Å²) in [6.45, 7) is 2.47. The van der Waals surface area contributed by atoms with Gasteiger partial charge in [0.1, 0.15) is 0 Å². The summed E-state index contributed by atoms with van der Waals surface area (Å²) in [6.07, 6.45) is 1.03. The van der Waals surface area contributed by atoms with Crippen LogP contribution in [0.4, 0.5) is 0 Å². The minimum atomic E-state index is -1.23. The number of ether oxygens (including phenoxy) is 1. The van der Waals surface area contributed by atoms with Gasteiger partial charge in [-0.15, -0.1) is 0 Å². The summed E-state index contributed by atoms with van der Waals surface area (Å²) in [4.78, 5) is 9.72. The topological polar surface area (TPSA) is 46.5 Å². The van der Waals surface area contributed by atoms with Gasteiger partial charge in [0, 0.05) is 0 Å². The number of hydrogen-bond acceptors (Lipinski definition) is 3. The van der Waals surface area contributed by atoms with Gasteiger partial charge in [0.2, 0.25) is 6.29 Å². The van der Waals surface area contributed by atoms with Crippen molar-refractivity contribution in [1.82, 2.24) is 0 Å². The molecule has 0 fully saturated rings. The van der Waals surface area contributed by atoms with E-state index in [-0.39, 0.29) is 0 Å². The maximum Gasteiger partial charge on any atom is 0.212 e. The van der Waals surface area contributed by atoms with Crippen LogP contribution in [-0.2, 0) is 9.53 Å². The highest BCUT2D eigenvalue weighted by atomic mass is 16.6. The molecule has 9 heavy (non-hydrogen) atoms. The molecule has 54 valence electrons. The van der Waals surface area contributed by atoms with Crippen LogP contribution in [0.1, 0.15) is 19.8 Å². The maximum absolute atomic E-state index is 9.72. The number of aliphatic hydroxyl groups excluding tert-OH is 1. The summed E-state index contributed by atoms with van der Waals surface area (Å²) in [5.41, 5.74) is 0. The minimum absolute atomic E-state index is 0.371. The SMILES string of the molecule is CCCCOC(O)C=O. The average Bonchev–Trinajstić information content (AvgIpc) is 1.89. The monoisotopic (exact) mass is 132 g/mol. The Labute approximate surface area is 54.6 Å². The number of aliphatic hydroxyl groups is 1. The molecule has 0 radical (unpaired) electrons. The van der Waals surface area contributed by atoms with Crippen LogP contribution in [0.3, 0.4) is 0 Å². The summed E-state index contributed by atoms with van der Waals surface area (Å²) < 4.78 is 4.62. The van der Waals surface area contributed by atoms with E-state index >= 15 is 0 Å². The first-order valence-electron chi connectivity index (χ1n) is 3.06. The number of unbranched alkanes of at least 4 members (excludes halogenated alkanes) is 1. The molecule has 0 saturated carbocycles. The lowest BCUT2D eigenvalue weighted by Gasteiger charge is -2.02. The molecule has 3 heteroatoms. The van der Waals surface area contributed by atoms with Gasteiger partial charge in [0.05, 0.1) is 6.61 Å². The van der Waals surface area contributed by atoms with Crippen molar-refractivity contribution in [2.24, 2.45) is 0 Å². The van der Waals surface area contributed by atoms with Crippen molar-refractivity contribution in [2.45, 2.75) is 26.1 Å². The Morgan fingerprint density at radius 1 is 1.78 bits per heavy atom. The van der Waals surface area contributed by atoms with Crippen LogP contribution in [0.25, 0.3) is 0 Å². The van der Waals surface area contributed by atoms with Gasteiger partial charge >= 0.3 is 0 Å². The molecule has 0 aromatic heterocycles. The van der Waals surface area contributed by atoms with E-state index in [1.165, 1.54) is 0 Å². The number of carbonyl (C=O) groups excluding carboxylic acids is 1. The first-order chi connectivity index (χ1) is 4.31. The molecule has 0 bridgehead atoms. The summed E-state index contributed by atoms with van der Waals surface area (Å²) in [7, 11) is 0. The van der Waals surface area contributed by atoms with Crippen LogP contribution in [0.2, 0.25) is 0 Å². The normalized spacial score (nSPS) is 13.1. The van der Waals surface area contributed by atoms with Gasteiger partial charge in [-0.3, -0.25) is 4.79 Å². The zero-order valence-electron chi connectivity index (χ0n) is 5.54. The molecule has 3 nitrogen and oxygen atoms in total. The summed E-state index contributed by atoms with van der Waals surface area (Å²) in [5.74, 6) is 0. The Morgan fingerprint density at radius 2 is 2.44 bits per heavy atom. The Balaban J connectivity index is 2.96. The van der Waals surface area contributed by atoms with Gasteiger partial charge in [-0.2, -0.15) is 0 Å². The Kier molecular flexibility index (Phi) is 5.46. The van der Waals surface area contributed by atoms with Crippen LogP contribution in [0.15, 0.2) is 0 Å². The first-order valence-corrected chi connectivity index (χ1v) is 3.06. The van der Waals surface area contributed by atoms with Crippen molar-refractivity contribution >= 4 is 6.29 Å². The lowest BCUT2D eigenvalue weighted by Crippen LogP contribution is -2.13. The minimum Gasteiger partial charge on any atom is -0.362 e. The van der Waals surface area contributed by atoms with Crippen molar-refractivity contribution in [3.63, 3.8) is 0 Å². The number of carbonyl (C=O) groups is 1. The van der Waals surface area contributed by atoms with Crippen LogP contribution in [0.5, 0.6) is 0 Å². The fraction of sp³-hybridized carbons (Fsp3) is 0.833. The molecule has 0 amide bonds. The molecule has 0 rings (SSSR count). The fourth-order valence-corrected chi connectivity index (χ4v) is 0.388. The predicted molar refractivity (Wildman–Crippen MR) is 32.9 cm³/mol. The Morgan fingerprint density at radius 3 is 2.89 bits per heavy atom. The third-order valence-corrected chi connectivity index (χ3v) is 0.903. The van der Waals surface area contributed by atoms with E-state index in [0.29, 0.717) is 12.9 Å². The standard InChI is InChI=1S/C6H12O3/c1-2-3-4-9-6(8)5-7/h5-6,8H,2-4H2,1H3. The Bertz CT molecular complexity index is 72.7. The van der Waals surface area contributed by atoms with Gasteiger partial charge < -0.3 is 9.84 Å². The molecule has 0 aliphatic carbocycles. The van der Waals surface area contributed by atoms with Gasteiger partial charge in [-0.25, -0.2) is 0 Å². The number of aldehydes is 1. The molecule has 0 aromatic carbocycles. The average molecular weight is 132 g/mol. The van der Waals surface area contributed by atoms with E-state index in [1.807, 2.05) is 6.92 Å². The van der Waals surface area contributed by atoms with E-state index in [0.717, 1.165) is 12.8 Å². The third-order valence-electron chi connectivity index (χ3n) is 0.903. The molecule has 0 heterocycles. The smallest absolute Gasteiger partial charge is 0.212 e. The van der Waals surface area contributed by atoms with Gasteiger partial charge in [0.25, 0.3) is 0 Å². The van der Waals surface area contributed by atoms with Crippen molar-refractivity contribution in [2.75, 3.05) is 6.61 Å². The Hall–Kier alpha value is -0.410. The molecule has 0 saturated heterocycles. The van der Waals surface area contributed by atoms with E-state index in [9.17, 15) is 4.79 Å². The maximum atomic E-state index is 9.72. The van der Waals surface area contributed by atoms with Gasteiger partial charge in [-0.05, 0) is 6.42 Å². The summed E-state index contributed by atoms with van der Waals surface area (Å²) in [5, 5.41) is 8.49. The van der Waals surface area contributed by atoms with Crippen molar-refractivity contribution in [1.29, 1.82) is 0 Å². The van der Waals surface area contributed by atoms with E-state index < -0.39 is 6.29 Å². The highest BCUT2D eigenvalue weighted by Gasteiger charge is 1.97. The molecule has 1 unspecified atom stereocenters. The summed E-state index contributed by atoms with van der Waals surface area (Å²) in [6, 6.07) is 0. The molecular formula is C6H12O3. The van der Waals surface area contributed by atoms with E-state index in [2.05, 4.69) is 4.74 Å². The second kappa shape index (κ2) is 5.72. The summed E-state index contributed by atoms with van der Waals surface area (Å²) >= 11 is 0. The number of rotatable bonds is 5. The highest BCUT2D eigenvalue weighted by Crippen LogP contribution is 1.89. The van der Waals surface area contributed by atoms with Crippen LogP contribution in [0, 0.1) is 0 Å². The second-order valence-corrected chi connectivity index (χ2v) is 1.75. The molecule has 0 aliphatic rings. The molecule has 0 spiro atoms. The van der Waals surface area contributed by atoms with E-state index in [4.69, 9.17) is 5.11 Å². The lowest BCUT2D eigenvalue weighted by atomic mass is 10.4. The van der Waals surface area contributed by atoms with E-state index in [1.54, 1.807) is 0 Å². The fourth-order valence-electron chi connectivity index (χ4n) is 0.388. The quantitative estimate of drug-likeness (QED) is 0.333. The van der Waals surface area contributed by atoms with Crippen LogP contribution in [-0.4, -0.2) is 24.3 Å². The van der Waals surface area contributed by atoms with Crippen molar-refractivity contribution < 1.29 is 14.6 Å². The highest BCUT2D eigenvalue weighted by molar-refractivity contribution is 5.53. The number of hydrogen-bond donors (Lipinski definition) is 1. The molecular weight excluding hydrogens is 120 g/mol. The molecule has 0 aliphatic heterocycles. The zero-order chi connectivity index (χ0) is 7.11.